The molecule has 2 rings (SSSR count). The van der Waals surface area contributed by atoms with Crippen molar-refractivity contribution in [3.8, 4) is 17.0 Å². The highest BCUT2D eigenvalue weighted by Gasteiger charge is 2.14. The van der Waals surface area contributed by atoms with Crippen LogP contribution in [-0.2, 0) is 6.42 Å². The third-order valence-electron chi connectivity index (χ3n) is 6.40. The highest BCUT2D eigenvalue weighted by molar-refractivity contribution is 6.57. The normalized spacial score (nSPS) is 12.3. The molecule has 183 valence electrons. The van der Waals surface area contributed by atoms with Crippen molar-refractivity contribution >= 4 is 8.80 Å². The molecule has 2 aromatic rings. The summed E-state index contributed by atoms with van der Waals surface area (Å²) in [7, 11) is -0.242. The van der Waals surface area contributed by atoms with Crippen molar-refractivity contribution in [2.45, 2.75) is 110 Å². The third-order valence-corrected chi connectivity index (χ3v) is 8.62. The van der Waals surface area contributed by atoms with E-state index >= 15 is 0 Å². The van der Waals surface area contributed by atoms with Gasteiger partial charge in [-0.15, -0.1) is 0 Å². The Bertz CT molecular complexity index is 782. The Morgan fingerprint density at radius 3 is 2.21 bits per heavy atom. The summed E-state index contributed by atoms with van der Waals surface area (Å²) in [6.07, 6.45) is 15.8. The number of rotatable bonds is 17. The average Bonchev–Trinajstić information content (AvgIpc) is 2.82. The molecule has 0 aliphatic heterocycles. The number of unbranched alkanes of at least 4 members (excludes halogenated alkanes) is 6. The highest BCUT2D eigenvalue weighted by atomic mass is 28.3. The molecule has 3 nitrogen and oxygen atoms in total. The van der Waals surface area contributed by atoms with Crippen molar-refractivity contribution in [3.05, 3.63) is 42.1 Å². The molecule has 0 saturated carbocycles. The Labute approximate surface area is 203 Å². The van der Waals surface area contributed by atoms with Crippen molar-refractivity contribution in [1.29, 1.82) is 0 Å². The molecule has 0 spiro atoms. The van der Waals surface area contributed by atoms with E-state index in [1.807, 2.05) is 24.3 Å². The molecule has 1 aromatic heterocycles. The van der Waals surface area contributed by atoms with Crippen LogP contribution in [0.25, 0.3) is 11.3 Å². The standard InChI is InChI=1S/C28H44FN2OSi/c1-5-7-9-10-11-12-16-26-28(29)31-27(22-30-26)23-17-19-24(20-18-23)32-21-13-15-25(33(3)4)14-8-6-2/h17-20,22,25H,5-16,21H2,1-4H3. The van der Waals surface area contributed by atoms with Crippen LogP contribution in [0.5, 0.6) is 5.75 Å². The van der Waals surface area contributed by atoms with Crippen LogP contribution in [0.1, 0.15) is 90.2 Å². The van der Waals surface area contributed by atoms with E-state index in [0.29, 0.717) is 17.8 Å². The molecule has 0 fully saturated rings. The number of aromatic nitrogens is 2. The van der Waals surface area contributed by atoms with Crippen LogP contribution in [0, 0.1) is 5.95 Å². The molecule has 0 aliphatic rings. The molecule has 0 bridgehead atoms. The lowest BCUT2D eigenvalue weighted by atomic mass is 10.1. The maximum absolute atomic E-state index is 14.5. The van der Waals surface area contributed by atoms with E-state index in [9.17, 15) is 4.39 Å². The van der Waals surface area contributed by atoms with Crippen LogP contribution in [0.15, 0.2) is 30.5 Å². The summed E-state index contributed by atoms with van der Waals surface area (Å²) in [6, 6.07) is 7.77. The number of ether oxygens (including phenoxy) is 1. The predicted molar refractivity (Wildman–Crippen MR) is 140 cm³/mol. The summed E-state index contributed by atoms with van der Waals surface area (Å²) < 4.78 is 20.4. The number of benzene rings is 1. The van der Waals surface area contributed by atoms with Crippen LogP contribution >= 0.6 is 0 Å². The fourth-order valence-corrected chi connectivity index (χ4v) is 5.75. The Morgan fingerprint density at radius 2 is 1.55 bits per heavy atom. The molecule has 1 radical (unpaired) electrons. The van der Waals surface area contributed by atoms with Gasteiger partial charge in [-0.05, 0) is 55.5 Å². The zero-order valence-electron chi connectivity index (χ0n) is 21.3. The van der Waals surface area contributed by atoms with Crippen LogP contribution in [0.2, 0.25) is 18.6 Å². The summed E-state index contributed by atoms with van der Waals surface area (Å²) in [5, 5.41) is 0. The van der Waals surface area contributed by atoms with Crippen molar-refractivity contribution in [3.63, 3.8) is 0 Å². The molecule has 0 N–H and O–H groups in total. The minimum atomic E-state index is -0.438. The monoisotopic (exact) mass is 471 g/mol. The van der Waals surface area contributed by atoms with Crippen molar-refractivity contribution in [2.75, 3.05) is 6.61 Å². The number of halogens is 1. The Morgan fingerprint density at radius 1 is 0.879 bits per heavy atom. The van der Waals surface area contributed by atoms with Crippen LogP contribution in [-0.4, -0.2) is 25.4 Å². The zero-order chi connectivity index (χ0) is 23.9. The minimum absolute atomic E-state index is 0.242. The van der Waals surface area contributed by atoms with Gasteiger partial charge in [-0.3, -0.25) is 4.98 Å². The van der Waals surface area contributed by atoms with Gasteiger partial charge in [0.1, 0.15) is 5.75 Å². The Balaban J connectivity index is 1.79. The largest absolute Gasteiger partial charge is 0.494 e. The first-order valence-electron chi connectivity index (χ1n) is 13.1. The second-order valence-electron chi connectivity index (χ2n) is 9.44. The number of hydrogen-bond donors (Lipinski definition) is 0. The SMILES string of the molecule is CCCCCCCCc1ncc(-c2ccc(OCCCC(CCCC)[Si](C)C)cc2)nc1F. The van der Waals surface area contributed by atoms with Crippen LogP contribution < -0.4 is 4.74 Å². The van der Waals surface area contributed by atoms with Gasteiger partial charge in [-0.2, -0.15) is 4.39 Å². The minimum Gasteiger partial charge on any atom is -0.494 e. The molecular weight excluding hydrogens is 427 g/mol. The number of hydrogen-bond acceptors (Lipinski definition) is 3. The second kappa shape index (κ2) is 16.0. The molecule has 0 saturated heterocycles. The van der Waals surface area contributed by atoms with Gasteiger partial charge in [-0.1, -0.05) is 78.3 Å². The fraction of sp³-hybridized carbons (Fsp3) is 0.643. The van der Waals surface area contributed by atoms with Crippen molar-refractivity contribution in [2.24, 2.45) is 0 Å². The van der Waals surface area contributed by atoms with E-state index in [2.05, 4.69) is 36.9 Å². The fourth-order valence-electron chi connectivity index (χ4n) is 4.18. The van der Waals surface area contributed by atoms with Gasteiger partial charge >= 0.3 is 0 Å². The summed E-state index contributed by atoms with van der Waals surface area (Å²) in [5.74, 6) is 0.419. The zero-order valence-corrected chi connectivity index (χ0v) is 22.3. The third kappa shape index (κ3) is 10.4. The van der Waals surface area contributed by atoms with E-state index in [1.165, 1.54) is 51.4 Å². The molecular formula is C28H44FN2OSi. The molecule has 1 aromatic carbocycles. The molecule has 0 aliphatic carbocycles. The Hall–Kier alpha value is -1.75. The first kappa shape index (κ1) is 27.5. The van der Waals surface area contributed by atoms with E-state index in [4.69, 9.17) is 4.74 Å². The van der Waals surface area contributed by atoms with Gasteiger partial charge in [-0.25, -0.2) is 4.98 Å². The van der Waals surface area contributed by atoms with Gasteiger partial charge < -0.3 is 4.74 Å². The predicted octanol–water partition coefficient (Wildman–Crippen LogP) is 8.66. The molecule has 33 heavy (non-hydrogen) atoms. The molecule has 5 heteroatoms. The molecule has 0 amide bonds. The highest BCUT2D eigenvalue weighted by Crippen LogP contribution is 2.25. The van der Waals surface area contributed by atoms with Crippen molar-refractivity contribution in [1.82, 2.24) is 9.97 Å². The van der Waals surface area contributed by atoms with Gasteiger partial charge in [0.25, 0.3) is 0 Å². The lowest BCUT2D eigenvalue weighted by Gasteiger charge is -2.19. The van der Waals surface area contributed by atoms with E-state index < -0.39 is 5.95 Å². The van der Waals surface area contributed by atoms with E-state index in [1.54, 1.807) is 6.20 Å². The van der Waals surface area contributed by atoms with E-state index in [0.717, 1.165) is 42.7 Å². The van der Waals surface area contributed by atoms with Crippen LogP contribution in [0.4, 0.5) is 4.39 Å². The molecule has 1 heterocycles. The van der Waals surface area contributed by atoms with E-state index in [-0.39, 0.29) is 8.80 Å². The van der Waals surface area contributed by atoms with Gasteiger partial charge in [0, 0.05) is 14.4 Å². The maximum Gasteiger partial charge on any atom is 0.235 e. The van der Waals surface area contributed by atoms with Crippen molar-refractivity contribution < 1.29 is 9.13 Å². The molecule has 1 atom stereocenters. The summed E-state index contributed by atoms with van der Waals surface area (Å²) in [5.41, 5.74) is 2.81. The average molecular weight is 472 g/mol. The first-order chi connectivity index (χ1) is 16.0. The van der Waals surface area contributed by atoms with Gasteiger partial charge in [0.2, 0.25) is 5.95 Å². The smallest absolute Gasteiger partial charge is 0.235 e. The quantitative estimate of drug-likeness (QED) is 0.171. The maximum atomic E-state index is 14.5. The summed E-state index contributed by atoms with van der Waals surface area (Å²) >= 11 is 0. The number of aryl methyl sites for hydroxylation is 1. The topological polar surface area (TPSA) is 35.0 Å². The van der Waals surface area contributed by atoms with Gasteiger partial charge in [0.05, 0.1) is 24.2 Å². The lowest BCUT2D eigenvalue weighted by molar-refractivity contribution is 0.304. The summed E-state index contributed by atoms with van der Waals surface area (Å²) in [4.78, 5) is 8.53. The van der Waals surface area contributed by atoms with Gasteiger partial charge in [0.15, 0.2) is 0 Å². The lowest BCUT2D eigenvalue weighted by Crippen LogP contribution is -2.13. The summed E-state index contributed by atoms with van der Waals surface area (Å²) in [6.45, 7) is 10.1. The number of nitrogens with zero attached hydrogens (tertiary/aromatic N) is 2. The van der Waals surface area contributed by atoms with Crippen LogP contribution in [0.3, 0.4) is 0 Å². The second-order valence-corrected chi connectivity index (χ2v) is 12.4. The first-order valence-corrected chi connectivity index (χ1v) is 15.7. The Kier molecular flexibility index (Phi) is 13.3. The molecule has 1 unspecified atom stereocenters.